The van der Waals surface area contributed by atoms with E-state index in [2.05, 4.69) is 20.8 Å². The van der Waals surface area contributed by atoms with Crippen molar-refractivity contribution < 1.29 is 14.0 Å². The zero-order valence-electron chi connectivity index (χ0n) is 16.3. The van der Waals surface area contributed by atoms with Gasteiger partial charge in [0.1, 0.15) is 0 Å². The van der Waals surface area contributed by atoms with Gasteiger partial charge in [-0.2, -0.15) is 0 Å². The van der Waals surface area contributed by atoms with Crippen LogP contribution in [0.5, 0.6) is 0 Å². The zero-order valence-corrected chi connectivity index (χ0v) is 17.2. The minimum Gasteiger partial charge on any atom is -0.324 e. The lowest BCUT2D eigenvalue weighted by molar-refractivity contribution is 0.223. The molecule has 0 rings (SSSR count). The smallest absolute Gasteiger partial charge is 0.324 e. The van der Waals surface area contributed by atoms with Crippen molar-refractivity contribution in [3.05, 3.63) is 0 Å². The predicted molar refractivity (Wildman–Crippen MR) is 101 cm³/mol. The summed E-state index contributed by atoms with van der Waals surface area (Å²) in [6.45, 7) is 10.8. The Morgan fingerprint density at radius 2 is 1.57 bits per heavy atom. The molecule has 140 valence electrons. The van der Waals surface area contributed by atoms with E-state index in [-0.39, 0.29) is 0 Å². The van der Waals surface area contributed by atoms with Crippen LogP contribution in [0.2, 0.25) is 0 Å². The molecule has 3 nitrogen and oxygen atoms in total. The molecule has 0 aromatic carbocycles. The van der Waals surface area contributed by atoms with E-state index in [0.29, 0.717) is 6.61 Å². The van der Waals surface area contributed by atoms with Crippen LogP contribution in [0.25, 0.3) is 0 Å². The zero-order chi connectivity index (χ0) is 17.8. The summed E-state index contributed by atoms with van der Waals surface area (Å²) in [4.78, 5) is 10.3. The first kappa shape index (κ1) is 23.1. The van der Waals surface area contributed by atoms with Gasteiger partial charge in [0.15, 0.2) is 0 Å². The Morgan fingerprint density at radius 1 is 0.957 bits per heavy atom. The molecule has 0 radical (unpaired) electrons. The van der Waals surface area contributed by atoms with E-state index in [9.17, 15) is 9.46 Å². The van der Waals surface area contributed by atoms with Crippen LogP contribution in [0, 0.1) is 5.92 Å². The molecule has 1 N–H and O–H groups in total. The Morgan fingerprint density at radius 3 is 2.13 bits per heavy atom. The maximum absolute atomic E-state index is 12.5. The van der Waals surface area contributed by atoms with Gasteiger partial charge in [0.25, 0.3) is 0 Å². The van der Waals surface area contributed by atoms with Crippen LogP contribution < -0.4 is 0 Å². The van der Waals surface area contributed by atoms with Crippen molar-refractivity contribution in [3.63, 3.8) is 0 Å². The van der Waals surface area contributed by atoms with Crippen LogP contribution in [0.3, 0.4) is 0 Å². The number of hydrogen-bond donors (Lipinski definition) is 1. The van der Waals surface area contributed by atoms with Crippen molar-refractivity contribution in [1.29, 1.82) is 0 Å². The van der Waals surface area contributed by atoms with E-state index in [0.717, 1.165) is 38.0 Å². The van der Waals surface area contributed by atoms with Gasteiger partial charge in [0.2, 0.25) is 0 Å². The summed E-state index contributed by atoms with van der Waals surface area (Å²) < 4.78 is 18.0. The lowest BCUT2D eigenvalue weighted by atomic mass is 9.95. The highest BCUT2D eigenvalue weighted by Crippen LogP contribution is 2.57. The molecule has 0 saturated carbocycles. The molecule has 4 heteroatoms. The number of rotatable bonds is 15. The fourth-order valence-electron chi connectivity index (χ4n) is 2.91. The Hall–Kier alpha value is 0.150. The Balaban J connectivity index is 4.11. The van der Waals surface area contributed by atoms with Crippen LogP contribution in [-0.2, 0) is 9.09 Å². The highest BCUT2D eigenvalue weighted by Gasteiger charge is 2.39. The highest BCUT2D eigenvalue weighted by atomic mass is 31.2. The molecule has 2 atom stereocenters. The summed E-state index contributed by atoms with van der Waals surface area (Å²) in [6, 6.07) is 0. The number of hydrogen-bond acceptors (Lipinski definition) is 2. The topological polar surface area (TPSA) is 46.5 Å². The molecule has 0 bridgehead atoms. The van der Waals surface area contributed by atoms with E-state index in [1.54, 1.807) is 0 Å². The van der Waals surface area contributed by atoms with E-state index in [1.807, 2.05) is 13.8 Å². The van der Waals surface area contributed by atoms with Crippen LogP contribution in [-0.4, -0.2) is 16.7 Å². The van der Waals surface area contributed by atoms with Gasteiger partial charge in [0, 0.05) is 0 Å². The van der Waals surface area contributed by atoms with Crippen molar-refractivity contribution in [2.24, 2.45) is 5.92 Å². The fraction of sp³-hybridized carbons (Fsp3) is 1.00. The first-order valence-corrected chi connectivity index (χ1v) is 11.4. The molecule has 0 fully saturated rings. The van der Waals surface area contributed by atoms with E-state index in [4.69, 9.17) is 4.52 Å². The molecule has 0 saturated heterocycles. The van der Waals surface area contributed by atoms with Crippen LogP contribution in [0.4, 0.5) is 0 Å². The maximum Gasteiger partial charge on any atom is 0.333 e. The molecule has 0 aliphatic carbocycles. The second kappa shape index (κ2) is 12.5. The average molecular weight is 349 g/mol. The molecule has 0 heterocycles. The highest BCUT2D eigenvalue weighted by molar-refractivity contribution is 7.54. The Bertz CT molecular complexity index is 329. The van der Waals surface area contributed by atoms with Crippen molar-refractivity contribution in [2.45, 2.75) is 110 Å². The molecule has 0 aliphatic heterocycles. The van der Waals surface area contributed by atoms with Crippen LogP contribution in [0.1, 0.15) is 105 Å². The van der Waals surface area contributed by atoms with E-state index >= 15 is 0 Å². The molecule has 23 heavy (non-hydrogen) atoms. The standard InChI is InChI=1S/C19H41O3P/c1-6-9-11-12-16-19(4,5)23(20,21)22-17-13-15-18(8-3)14-10-7-2/h18H,6-17H2,1-5H3,(H,20,21). The molecular formula is C19H41O3P. The summed E-state index contributed by atoms with van der Waals surface area (Å²) in [5, 5.41) is -0.632. The molecule has 0 spiro atoms. The second-order valence-corrected chi connectivity index (χ2v) is 10.0. The third-order valence-electron chi connectivity index (χ3n) is 4.97. The minimum atomic E-state index is -3.53. The van der Waals surface area contributed by atoms with Gasteiger partial charge in [-0.05, 0) is 39.0 Å². The SMILES string of the molecule is CCCCCCC(C)(C)P(=O)(O)OCCCC(CC)CCCC. The van der Waals surface area contributed by atoms with Gasteiger partial charge in [-0.15, -0.1) is 0 Å². The summed E-state index contributed by atoms with van der Waals surface area (Å²) in [5.74, 6) is 0.735. The first-order valence-electron chi connectivity index (χ1n) is 9.78. The van der Waals surface area contributed by atoms with Gasteiger partial charge in [-0.25, -0.2) is 0 Å². The predicted octanol–water partition coefficient (Wildman–Crippen LogP) is 6.93. The van der Waals surface area contributed by atoms with Crippen LogP contribution >= 0.6 is 7.60 Å². The Kier molecular flexibility index (Phi) is 12.6. The molecule has 2 unspecified atom stereocenters. The largest absolute Gasteiger partial charge is 0.333 e. The fourth-order valence-corrected chi connectivity index (χ4v) is 4.07. The average Bonchev–Trinajstić information content (AvgIpc) is 2.50. The summed E-state index contributed by atoms with van der Waals surface area (Å²) in [7, 11) is -3.53. The molecule has 0 aromatic heterocycles. The lowest BCUT2D eigenvalue weighted by Crippen LogP contribution is -2.22. The minimum absolute atomic E-state index is 0.412. The second-order valence-electron chi connectivity index (χ2n) is 7.54. The van der Waals surface area contributed by atoms with Crippen molar-refractivity contribution in [3.8, 4) is 0 Å². The van der Waals surface area contributed by atoms with Crippen molar-refractivity contribution in [1.82, 2.24) is 0 Å². The maximum atomic E-state index is 12.5. The molecule has 0 amide bonds. The van der Waals surface area contributed by atoms with Crippen LogP contribution in [0.15, 0.2) is 0 Å². The van der Waals surface area contributed by atoms with Crippen molar-refractivity contribution in [2.75, 3.05) is 6.61 Å². The van der Waals surface area contributed by atoms with Gasteiger partial charge in [0.05, 0.1) is 11.8 Å². The monoisotopic (exact) mass is 348 g/mol. The number of unbranched alkanes of at least 4 members (excludes halogenated alkanes) is 4. The first-order chi connectivity index (χ1) is 10.8. The van der Waals surface area contributed by atoms with Gasteiger partial charge < -0.3 is 9.42 Å². The van der Waals surface area contributed by atoms with Gasteiger partial charge >= 0.3 is 7.60 Å². The van der Waals surface area contributed by atoms with Crippen molar-refractivity contribution >= 4 is 7.60 Å². The normalized spacial score (nSPS) is 16.3. The van der Waals surface area contributed by atoms with E-state index in [1.165, 1.54) is 38.5 Å². The summed E-state index contributed by atoms with van der Waals surface area (Å²) in [5.41, 5.74) is 0. The lowest BCUT2D eigenvalue weighted by Gasteiger charge is -2.29. The summed E-state index contributed by atoms with van der Waals surface area (Å²) >= 11 is 0. The van der Waals surface area contributed by atoms with Gasteiger partial charge in [-0.1, -0.05) is 72.1 Å². The third kappa shape index (κ3) is 9.89. The third-order valence-corrected chi connectivity index (χ3v) is 7.26. The molecule has 0 aliphatic rings. The van der Waals surface area contributed by atoms with Gasteiger partial charge in [-0.3, -0.25) is 4.57 Å². The Labute approximate surface area is 145 Å². The molecular weight excluding hydrogens is 307 g/mol. The van der Waals surface area contributed by atoms with E-state index < -0.39 is 12.8 Å². The quantitative estimate of drug-likeness (QED) is 0.258. The molecule has 0 aromatic rings. The summed E-state index contributed by atoms with van der Waals surface area (Å²) in [6.07, 6.45) is 12.3.